The molecule has 0 bridgehead atoms. The number of allylic oxidation sites excluding steroid dienone is 1. The molecule has 0 saturated carbocycles. The number of anilines is 1. The van der Waals surface area contributed by atoms with E-state index in [-0.39, 0.29) is 6.61 Å². The van der Waals surface area contributed by atoms with Crippen LogP contribution in [-0.2, 0) is 14.3 Å². The Morgan fingerprint density at radius 3 is 2.56 bits per heavy atom. The average Bonchev–Trinajstić information content (AvgIpc) is 3.09. The summed E-state index contributed by atoms with van der Waals surface area (Å²) < 4.78 is 11.7. The van der Waals surface area contributed by atoms with Gasteiger partial charge in [0.1, 0.15) is 6.04 Å². The van der Waals surface area contributed by atoms with Gasteiger partial charge >= 0.3 is 11.9 Å². The fraction of sp³-hybridized carbons (Fsp3) is 0.333. The molecule has 142 valence electrons. The van der Waals surface area contributed by atoms with Gasteiger partial charge in [0.05, 0.1) is 24.9 Å². The number of rotatable bonds is 5. The number of thioether (sulfide) groups is 1. The van der Waals surface area contributed by atoms with Gasteiger partial charge in [-0.05, 0) is 37.8 Å². The third-order valence-electron chi connectivity index (χ3n) is 4.16. The van der Waals surface area contributed by atoms with Crippen LogP contribution in [0, 0.1) is 0 Å². The highest BCUT2D eigenvalue weighted by Crippen LogP contribution is 2.36. The highest BCUT2D eigenvalue weighted by Gasteiger charge is 2.35. The second-order valence-corrected chi connectivity index (χ2v) is 6.54. The minimum Gasteiger partial charge on any atom is -0.465 e. The lowest BCUT2D eigenvalue weighted by atomic mass is 9.95. The normalized spacial score (nSPS) is 15.8. The van der Waals surface area contributed by atoms with Crippen LogP contribution < -0.4 is 5.32 Å². The molecule has 3 rings (SSSR count). The Labute approximate surface area is 160 Å². The maximum Gasteiger partial charge on any atom is 0.338 e. The average molecular weight is 388 g/mol. The Morgan fingerprint density at radius 1 is 1.26 bits per heavy atom. The van der Waals surface area contributed by atoms with Crippen LogP contribution in [0.25, 0.3) is 0 Å². The summed E-state index contributed by atoms with van der Waals surface area (Å²) in [7, 11) is 1.33. The van der Waals surface area contributed by atoms with Crippen molar-refractivity contribution in [3.63, 3.8) is 0 Å². The molecule has 1 aromatic carbocycles. The van der Waals surface area contributed by atoms with Crippen LogP contribution in [0.15, 0.2) is 40.7 Å². The van der Waals surface area contributed by atoms with Crippen LogP contribution >= 0.6 is 11.8 Å². The van der Waals surface area contributed by atoms with Crippen LogP contribution in [0.5, 0.6) is 0 Å². The van der Waals surface area contributed by atoms with Gasteiger partial charge in [-0.15, -0.1) is 5.10 Å². The molecule has 1 atom stereocenters. The SMILES string of the molecule is CCOC(=O)C1=C(C)Nc2nc(SC)nn2[C@H]1c1ccc(C(=O)OC)cc1. The summed E-state index contributed by atoms with van der Waals surface area (Å²) in [5.74, 6) is -0.293. The molecule has 0 spiro atoms. The predicted octanol–water partition coefficient (Wildman–Crippen LogP) is 2.64. The summed E-state index contributed by atoms with van der Waals surface area (Å²) in [6.45, 7) is 3.83. The molecule has 1 aliphatic heterocycles. The van der Waals surface area contributed by atoms with Crippen molar-refractivity contribution in [2.24, 2.45) is 0 Å². The van der Waals surface area contributed by atoms with Gasteiger partial charge in [-0.25, -0.2) is 14.3 Å². The molecule has 0 radical (unpaired) electrons. The molecule has 0 unspecified atom stereocenters. The standard InChI is InChI=1S/C18H20N4O4S/c1-5-26-16(24)13-10(2)19-17-20-18(27-4)21-22(17)14(13)11-6-8-12(9-7-11)15(23)25-3/h6-9,14H,5H2,1-4H3,(H,19,20,21)/t14-/m0/s1. The van der Waals surface area contributed by atoms with Gasteiger partial charge in [-0.1, -0.05) is 23.9 Å². The maximum absolute atomic E-state index is 12.6. The van der Waals surface area contributed by atoms with Crippen molar-refractivity contribution >= 4 is 29.6 Å². The fourth-order valence-electron chi connectivity index (χ4n) is 2.92. The van der Waals surface area contributed by atoms with Crippen molar-refractivity contribution in [1.29, 1.82) is 0 Å². The Hall–Kier alpha value is -2.81. The van der Waals surface area contributed by atoms with Crippen LogP contribution in [0.2, 0.25) is 0 Å². The van der Waals surface area contributed by atoms with E-state index in [9.17, 15) is 9.59 Å². The first-order valence-electron chi connectivity index (χ1n) is 8.33. The summed E-state index contributed by atoms with van der Waals surface area (Å²) in [6, 6.07) is 6.36. The first-order chi connectivity index (χ1) is 13.0. The lowest BCUT2D eigenvalue weighted by molar-refractivity contribution is -0.139. The van der Waals surface area contributed by atoms with Crippen LogP contribution in [0.4, 0.5) is 5.95 Å². The predicted molar refractivity (Wildman–Crippen MR) is 101 cm³/mol. The van der Waals surface area contributed by atoms with Crippen molar-refractivity contribution in [2.75, 3.05) is 25.3 Å². The molecule has 0 aliphatic carbocycles. The third-order valence-corrected chi connectivity index (χ3v) is 4.70. The first-order valence-corrected chi connectivity index (χ1v) is 9.56. The van der Waals surface area contributed by atoms with E-state index < -0.39 is 18.0 Å². The molecule has 0 saturated heterocycles. The zero-order valence-electron chi connectivity index (χ0n) is 15.5. The van der Waals surface area contributed by atoms with E-state index in [4.69, 9.17) is 9.47 Å². The first kappa shape index (κ1) is 19.0. The van der Waals surface area contributed by atoms with Gasteiger partial charge < -0.3 is 14.8 Å². The maximum atomic E-state index is 12.6. The van der Waals surface area contributed by atoms with Crippen molar-refractivity contribution < 1.29 is 19.1 Å². The van der Waals surface area contributed by atoms with Gasteiger partial charge in [0, 0.05) is 5.70 Å². The summed E-state index contributed by atoms with van der Waals surface area (Å²) in [6.07, 6.45) is 1.88. The van der Waals surface area contributed by atoms with Gasteiger partial charge in [-0.3, -0.25) is 0 Å². The highest BCUT2D eigenvalue weighted by molar-refractivity contribution is 7.98. The van der Waals surface area contributed by atoms with Gasteiger partial charge in [0.15, 0.2) is 0 Å². The molecule has 9 heteroatoms. The number of esters is 2. The van der Waals surface area contributed by atoms with E-state index in [0.717, 1.165) is 5.56 Å². The Bertz CT molecular complexity index is 905. The van der Waals surface area contributed by atoms with E-state index in [2.05, 4.69) is 15.4 Å². The van der Waals surface area contributed by atoms with E-state index in [1.54, 1.807) is 42.8 Å². The lowest BCUT2D eigenvalue weighted by Gasteiger charge is -2.28. The van der Waals surface area contributed by atoms with Crippen LogP contribution in [-0.4, -0.2) is 46.7 Å². The minimum atomic E-state index is -0.514. The van der Waals surface area contributed by atoms with Crippen molar-refractivity contribution in [1.82, 2.24) is 14.8 Å². The number of ether oxygens (including phenoxy) is 2. The molecule has 0 fully saturated rings. The molecule has 2 aromatic rings. The van der Waals surface area contributed by atoms with Gasteiger partial charge in [0.25, 0.3) is 0 Å². The van der Waals surface area contributed by atoms with Gasteiger partial charge in [-0.2, -0.15) is 4.98 Å². The lowest BCUT2D eigenvalue weighted by Crippen LogP contribution is -2.29. The molecule has 0 amide bonds. The number of methoxy groups -OCH3 is 1. The molecule has 1 aliphatic rings. The smallest absolute Gasteiger partial charge is 0.338 e. The van der Waals surface area contributed by atoms with Crippen LogP contribution in [0.1, 0.15) is 35.8 Å². The summed E-state index contributed by atoms with van der Waals surface area (Å²) in [5, 5.41) is 8.21. The molecule has 1 aromatic heterocycles. The topological polar surface area (TPSA) is 95.3 Å². The summed E-state index contributed by atoms with van der Waals surface area (Å²) in [4.78, 5) is 28.8. The number of nitrogens with one attached hydrogen (secondary N) is 1. The Morgan fingerprint density at radius 2 is 1.96 bits per heavy atom. The number of hydrogen-bond donors (Lipinski definition) is 1. The zero-order valence-corrected chi connectivity index (χ0v) is 16.3. The molecule has 8 nitrogen and oxygen atoms in total. The van der Waals surface area contributed by atoms with E-state index in [1.807, 2.05) is 6.26 Å². The van der Waals surface area contributed by atoms with Crippen molar-refractivity contribution in [2.45, 2.75) is 25.0 Å². The molecular formula is C18H20N4O4S. The van der Waals surface area contributed by atoms with E-state index in [1.165, 1.54) is 18.9 Å². The third kappa shape index (κ3) is 3.55. The largest absolute Gasteiger partial charge is 0.465 e. The van der Waals surface area contributed by atoms with Crippen molar-refractivity contribution in [3.05, 3.63) is 46.7 Å². The van der Waals surface area contributed by atoms with E-state index in [0.29, 0.717) is 27.9 Å². The second kappa shape index (κ2) is 7.83. The number of benzene rings is 1. The zero-order chi connectivity index (χ0) is 19.6. The highest BCUT2D eigenvalue weighted by atomic mass is 32.2. The number of hydrogen-bond acceptors (Lipinski definition) is 8. The molecular weight excluding hydrogens is 368 g/mol. The van der Waals surface area contributed by atoms with Crippen LogP contribution in [0.3, 0.4) is 0 Å². The van der Waals surface area contributed by atoms with Gasteiger partial charge in [0.2, 0.25) is 11.1 Å². The van der Waals surface area contributed by atoms with E-state index >= 15 is 0 Å². The number of carbonyl (C=O) groups excluding carboxylic acids is 2. The fourth-order valence-corrected chi connectivity index (χ4v) is 3.27. The Kier molecular flexibility index (Phi) is 5.50. The molecule has 2 heterocycles. The summed E-state index contributed by atoms with van der Waals surface area (Å²) >= 11 is 1.41. The quantitative estimate of drug-likeness (QED) is 0.617. The summed E-state index contributed by atoms with van der Waals surface area (Å²) in [5.41, 5.74) is 2.32. The minimum absolute atomic E-state index is 0.268. The number of nitrogens with zero attached hydrogens (tertiary/aromatic N) is 3. The number of aromatic nitrogens is 3. The molecule has 27 heavy (non-hydrogen) atoms. The Balaban J connectivity index is 2.11. The van der Waals surface area contributed by atoms with Crippen molar-refractivity contribution in [3.8, 4) is 0 Å². The number of fused-ring (bicyclic) bond motifs is 1. The monoisotopic (exact) mass is 388 g/mol. The number of carbonyl (C=O) groups is 2. The molecule has 1 N–H and O–H groups in total. The second-order valence-electron chi connectivity index (χ2n) is 5.77.